The fraction of sp³-hybridized carbons (Fsp3) is 0.192. The van der Waals surface area contributed by atoms with E-state index in [0.29, 0.717) is 11.8 Å². The quantitative estimate of drug-likeness (QED) is 0.393. The minimum atomic E-state index is -0.184. The monoisotopic (exact) mass is 456 g/mol. The van der Waals surface area contributed by atoms with Crippen molar-refractivity contribution in [3.8, 4) is 17.1 Å². The van der Waals surface area contributed by atoms with Crippen LogP contribution in [0.1, 0.15) is 17.2 Å². The number of thioether (sulfide) groups is 1. The Kier molecular flexibility index (Phi) is 5.88. The van der Waals surface area contributed by atoms with Gasteiger partial charge in [-0.1, -0.05) is 78.5 Å². The molecule has 0 saturated carbocycles. The molecule has 5 rings (SSSR count). The molecule has 2 heterocycles. The minimum Gasteiger partial charge on any atom is -0.489 e. The van der Waals surface area contributed by atoms with Crippen molar-refractivity contribution < 1.29 is 9.53 Å². The molecule has 33 heavy (non-hydrogen) atoms. The van der Waals surface area contributed by atoms with Crippen LogP contribution >= 0.6 is 11.8 Å². The van der Waals surface area contributed by atoms with E-state index < -0.39 is 0 Å². The average molecular weight is 457 g/mol. The van der Waals surface area contributed by atoms with Crippen molar-refractivity contribution in [3.63, 3.8) is 0 Å². The lowest BCUT2D eigenvalue weighted by molar-refractivity contribution is -0.117. The molecule has 0 spiro atoms. The molecule has 3 aromatic carbocycles. The average Bonchev–Trinajstić information content (AvgIpc) is 3.22. The lowest BCUT2D eigenvalue weighted by Gasteiger charge is -2.37. The van der Waals surface area contributed by atoms with E-state index in [1.807, 2.05) is 89.3 Å². The Balaban J connectivity index is 1.40. The molecular weight excluding hydrogens is 432 g/mol. The zero-order valence-electron chi connectivity index (χ0n) is 18.5. The number of hydrogen-bond donors (Lipinski definition) is 0. The molecule has 1 aromatic heterocycles. The molecule has 0 bridgehead atoms. The third kappa shape index (κ3) is 4.12. The number of ether oxygens (including phenoxy) is 1. The van der Waals surface area contributed by atoms with Gasteiger partial charge in [-0.2, -0.15) is 0 Å². The lowest BCUT2D eigenvalue weighted by atomic mass is 10.0. The van der Waals surface area contributed by atoms with Gasteiger partial charge in [-0.05, 0) is 30.2 Å². The Hall–Kier alpha value is -3.58. The van der Waals surface area contributed by atoms with E-state index >= 15 is 0 Å². The Morgan fingerprint density at radius 1 is 1.00 bits per heavy atom. The molecule has 0 radical (unpaired) electrons. The first-order valence-electron chi connectivity index (χ1n) is 10.8. The predicted molar refractivity (Wildman–Crippen MR) is 131 cm³/mol. The van der Waals surface area contributed by atoms with E-state index in [1.165, 1.54) is 11.8 Å². The fourth-order valence-corrected chi connectivity index (χ4v) is 4.88. The molecule has 166 valence electrons. The molecule has 0 aliphatic carbocycles. The van der Waals surface area contributed by atoms with Gasteiger partial charge in [0.2, 0.25) is 5.91 Å². The Morgan fingerprint density at radius 3 is 2.55 bits per heavy atom. The number of para-hydroxylation sites is 2. The molecule has 0 unspecified atom stereocenters. The summed E-state index contributed by atoms with van der Waals surface area (Å²) < 4.78 is 7.94. The van der Waals surface area contributed by atoms with E-state index in [-0.39, 0.29) is 17.7 Å². The van der Waals surface area contributed by atoms with Crippen molar-refractivity contribution >= 4 is 23.4 Å². The Labute approximate surface area is 197 Å². The molecule has 1 aliphatic rings. The number of carbonyl (C=O) groups excluding carboxylic acids is 1. The molecule has 4 aromatic rings. The number of benzene rings is 3. The van der Waals surface area contributed by atoms with Gasteiger partial charge in [0.1, 0.15) is 12.4 Å². The number of aromatic nitrogens is 3. The van der Waals surface area contributed by atoms with Crippen molar-refractivity contribution in [1.29, 1.82) is 0 Å². The molecule has 0 saturated heterocycles. The van der Waals surface area contributed by atoms with Crippen LogP contribution in [0.2, 0.25) is 0 Å². The van der Waals surface area contributed by atoms with E-state index in [1.54, 1.807) is 0 Å². The van der Waals surface area contributed by atoms with Gasteiger partial charge in [0.25, 0.3) is 0 Å². The Bertz CT molecular complexity index is 1290. The van der Waals surface area contributed by atoms with Crippen LogP contribution in [0.4, 0.5) is 5.69 Å². The first kappa shape index (κ1) is 21.3. The van der Waals surface area contributed by atoms with E-state index in [9.17, 15) is 4.79 Å². The fourth-order valence-electron chi connectivity index (χ4n) is 4.11. The maximum Gasteiger partial charge on any atom is 0.238 e. The molecule has 0 fully saturated rings. The van der Waals surface area contributed by atoms with Crippen LogP contribution in [0.15, 0.2) is 84.0 Å². The van der Waals surface area contributed by atoms with E-state index in [0.717, 1.165) is 34.0 Å². The third-order valence-corrected chi connectivity index (χ3v) is 6.84. The van der Waals surface area contributed by atoms with Gasteiger partial charge in [0, 0.05) is 12.6 Å². The normalized spacial score (nSPS) is 15.1. The molecule has 1 atom stereocenters. The van der Waals surface area contributed by atoms with Crippen LogP contribution in [0, 0.1) is 6.92 Å². The van der Waals surface area contributed by atoms with Gasteiger partial charge in [-0.25, -0.2) is 0 Å². The summed E-state index contributed by atoms with van der Waals surface area (Å²) >= 11 is 1.40. The molecule has 1 aliphatic heterocycles. The second-order valence-electron chi connectivity index (χ2n) is 7.94. The van der Waals surface area contributed by atoms with Crippen LogP contribution in [0.5, 0.6) is 5.75 Å². The van der Waals surface area contributed by atoms with Gasteiger partial charge < -0.3 is 9.30 Å². The van der Waals surface area contributed by atoms with Gasteiger partial charge in [-0.3, -0.25) is 9.69 Å². The summed E-state index contributed by atoms with van der Waals surface area (Å²) in [7, 11) is 1.94. The molecule has 6 nitrogen and oxygen atoms in total. The van der Waals surface area contributed by atoms with Crippen LogP contribution in [-0.4, -0.2) is 33.0 Å². The summed E-state index contributed by atoms with van der Waals surface area (Å²) in [6.45, 7) is 2.47. The van der Waals surface area contributed by atoms with E-state index in [2.05, 4.69) is 23.2 Å². The number of carbonyl (C=O) groups is 1. The maximum atomic E-state index is 13.6. The highest BCUT2D eigenvalue weighted by atomic mass is 32.2. The zero-order chi connectivity index (χ0) is 22.8. The standard InChI is InChI=1S/C26H24N4O2S/c1-18-10-6-7-13-20(18)25-27-28-26(29(25)2)33-17-24(31)30-21-14-8-9-15-23(21)32-16-22(30)19-11-4-3-5-12-19/h3-15,22H,16-17H2,1-2H3/t22-/m1/s1. The van der Waals surface area contributed by atoms with Crippen molar-refractivity contribution in [1.82, 2.24) is 14.8 Å². The van der Waals surface area contributed by atoms with Crippen molar-refractivity contribution in [2.75, 3.05) is 17.3 Å². The number of anilines is 1. The molecule has 0 N–H and O–H groups in total. The predicted octanol–water partition coefficient (Wildman–Crippen LogP) is 5.05. The largest absolute Gasteiger partial charge is 0.489 e. The van der Waals surface area contributed by atoms with Gasteiger partial charge in [0.05, 0.1) is 17.5 Å². The summed E-state index contributed by atoms with van der Waals surface area (Å²) in [5.74, 6) is 1.77. The second-order valence-corrected chi connectivity index (χ2v) is 8.88. The summed E-state index contributed by atoms with van der Waals surface area (Å²) in [5.41, 5.74) is 4.01. The van der Waals surface area contributed by atoms with Crippen molar-refractivity contribution in [2.45, 2.75) is 18.1 Å². The maximum absolute atomic E-state index is 13.6. The van der Waals surface area contributed by atoms with Gasteiger partial charge >= 0.3 is 0 Å². The molecular formula is C26H24N4O2S. The summed E-state index contributed by atoms with van der Waals surface area (Å²) in [4.78, 5) is 15.4. The van der Waals surface area contributed by atoms with Gasteiger partial charge in [0.15, 0.2) is 11.0 Å². The van der Waals surface area contributed by atoms with Crippen molar-refractivity contribution in [3.05, 3.63) is 90.0 Å². The smallest absolute Gasteiger partial charge is 0.238 e. The van der Waals surface area contributed by atoms with Crippen LogP contribution < -0.4 is 9.64 Å². The number of hydrogen-bond acceptors (Lipinski definition) is 5. The van der Waals surface area contributed by atoms with Crippen LogP contribution in [0.25, 0.3) is 11.4 Å². The highest BCUT2D eigenvalue weighted by Crippen LogP contribution is 2.40. The van der Waals surface area contributed by atoms with Crippen LogP contribution in [-0.2, 0) is 11.8 Å². The Morgan fingerprint density at radius 2 is 1.73 bits per heavy atom. The van der Waals surface area contributed by atoms with Crippen molar-refractivity contribution in [2.24, 2.45) is 7.05 Å². The van der Waals surface area contributed by atoms with E-state index in [4.69, 9.17) is 4.74 Å². The summed E-state index contributed by atoms with van der Waals surface area (Å²) in [5, 5.41) is 9.44. The lowest BCUT2D eigenvalue weighted by Crippen LogP contribution is -2.42. The topological polar surface area (TPSA) is 60.3 Å². The molecule has 1 amide bonds. The number of nitrogens with zero attached hydrogens (tertiary/aromatic N) is 4. The first-order chi connectivity index (χ1) is 16.1. The second kappa shape index (κ2) is 9.11. The first-order valence-corrected chi connectivity index (χ1v) is 11.8. The van der Waals surface area contributed by atoms with Crippen LogP contribution in [0.3, 0.4) is 0 Å². The SMILES string of the molecule is Cc1ccccc1-c1nnc(SCC(=O)N2c3ccccc3OC[C@@H]2c2ccccc2)n1C. The minimum absolute atomic E-state index is 0.00467. The number of aryl methyl sites for hydroxylation is 1. The summed E-state index contributed by atoms with van der Waals surface area (Å²) in [6, 6.07) is 25.6. The van der Waals surface area contributed by atoms with Gasteiger partial charge in [-0.15, -0.1) is 10.2 Å². The molecule has 7 heteroatoms. The highest BCUT2D eigenvalue weighted by Gasteiger charge is 2.33. The number of fused-ring (bicyclic) bond motifs is 1. The number of rotatable bonds is 5. The zero-order valence-corrected chi connectivity index (χ0v) is 19.3. The highest BCUT2D eigenvalue weighted by molar-refractivity contribution is 7.99. The third-order valence-electron chi connectivity index (χ3n) is 5.83. The summed E-state index contributed by atoms with van der Waals surface area (Å²) in [6.07, 6.45) is 0. The number of amides is 1.